The average molecular weight is 502 g/mol. The van der Waals surface area contributed by atoms with Gasteiger partial charge in [0.1, 0.15) is 28.4 Å². The van der Waals surface area contributed by atoms with E-state index in [1.165, 1.54) is 31.1 Å². The van der Waals surface area contributed by atoms with Crippen LogP contribution in [-0.2, 0) is 19.1 Å². The second-order valence-electron chi connectivity index (χ2n) is 9.47. The molecule has 7 N–H and O–H groups in total. The molecule has 3 unspecified atom stereocenters. The maximum Gasteiger partial charge on any atom is 0.341 e. The number of fused-ring (bicyclic) bond motifs is 3. The number of aromatic hydroxyl groups is 1. The fourth-order valence-electron chi connectivity index (χ4n) is 5.89. The summed E-state index contributed by atoms with van der Waals surface area (Å²) in [5.74, 6) is -11.0. The molecule has 1 aromatic carbocycles. The van der Waals surface area contributed by atoms with Crippen molar-refractivity contribution in [2.45, 2.75) is 30.6 Å². The van der Waals surface area contributed by atoms with Crippen LogP contribution in [0.2, 0.25) is 0 Å². The van der Waals surface area contributed by atoms with Crippen LogP contribution in [0.3, 0.4) is 0 Å². The Labute approximate surface area is 204 Å². The fraction of sp³-hybridized carbons (Fsp3) is 0.417. The van der Waals surface area contributed by atoms with Gasteiger partial charge in [-0.1, -0.05) is 13.0 Å². The number of ether oxygens (including phenoxy) is 1. The van der Waals surface area contributed by atoms with Crippen molar-refractivity contribution in [1.29, 1.82) is 0 Å². The number of ketones is 2. The number of primary amides is 1. The van der Waals surface area contributed by atoms with Crippen molar-refractivity contribution in [3.63, 3.8) is 0 Å². The Morgan fingerprint density at radius 3 is 2.28 bits per heavy atom. The number of aliphatic hydroxyl groups excluding tert-OH is 3. The average Bonchev–Trinajstić information content (AvgIpc) is 2.80. The van der Waals surface area contributed by atoms with E-state index >= 15 is 0 Å². The monoisotopic (exact) mass is 502 g/mol. The fourth-order valence-corrected chi connectivity index (χ4v) is 5.89. The number of esters is 1. The van der Waals surface area contributed by atoms with E-state index in [0.29, 0.717) is 0 Å². The number of carbonyl (C=O) groups excluding carboxylic acids is 4. The molecule has 0 bridgehead atoms. The second kappa shape index (κ2) is 8.15. The Morgan fingerprint density at radius 1 is 1.14 bits per heavy atom. The molecule has 3 aliphatic rings. The summed E-state index contributed by atoms with van der Waals surface area (Å²) < 4.78 is 4.63. The Hall–Kier alpha value is -3.74. The molecule has 12 heteroatoms. The smallest absolute Gasteiger partial charge is 0.341 e. The standard InChI is InChI=1S/C24H26N2O10/c1-7-8-5-6-9(23(34)36-4)16(27)11(8)17(28)12-10(7)18(29)14-15(26(2)3)19(30)13(22(25)33)21(32)24(14,35)20(12)31/h5-7,10,14-15,18,27-29,32,35H,1-4H3,(H2,25,33)/t7-,10?,14?,15-,18-,24?/m0/s1. The summed E-state index contributed by atoms with van der Waals surface area (Å²) in [5.41, 5.74) is 0.436. The van der Waals surface area contributed by atoms with E-state index < -0.39 is 87.4 Å². The Morgan fingerprint density at radius 2 is 1.75 bits per heavy atom. The molecule has 0 saturated heterocycles. The lowest BCUT2D eigenvalue weighted by atomic mass is 9.54. The highest BCUT2D eigenvalue weighted by atomic mass is 16.5. The number of nitrogens with two attached hydrogens (primary N) is 1. The number of methoxy groups -OCH3 is 1. The third kappa shape index (κ3) is 2.98. The summed E-state index contributed by atoms with van der Waals surface area (Å²) in [6.45, 7) is 1.59. The number of Topliss-reactive ketones (excluding diaryl/α,β-unsaturated/α-hetero) is 2. The summed E-state index contributed by atoms with van der Waals surface area (Å²) in [6.07, 6.45) is -1.69. The van der Waals surface area contributed by atoms with E-state index in [0.717, 1.165) is 7.11 Å². The molecule has 1 fully saturated rings. The first-order chi connectivity index (χ1) is 16.7. The summed E-state index contributed by atoms with van der Waals surface area (Å²) in [6, 6.07) is 1.26. The molecule has 0 aliphatic heterocycles. The van der Waals surface area contributed by atoms with Crippen LogP contribution in [0.4, 0.5) is 0 Å². The van der Waals surface area contributed by atoms with Crippen molar-refractivity contribution in [2.75, 3.05) is 21.2 Å². The lowest BCUT2D eigenvalue weighted by Crippen LogP contribution is -2.70. The molecule has 1 aromatic rings. The Kier molecular flexibility index (Phi) is 5.74. The third-order valence-electron chi connectivity index (χ3n) is 7.53. The lowest BCUT2D eigenvalue weighted by Gasteiger charge is -2.53. The summed E-state index contributed by atoms with van der Waals surface area (Å²) in [7, 11) is 3.94. The van der Waals surface area contributed by atoms with Gasteiger partial charge in [0.15, 0.2) is 11.4 Å². The lowest BCUT2D eigenvalue weighted by molar-refractivity contribution is -0.169. The molecule has 1 saturated carbocycles. The van der Waals surface area contributed by atoms with Crippen molar-refractivity contribution in [2.24, 2.45) is 17.6 Å². The minimum atomic E-state index is -3.00. The SMILES string of the molecule is COC(=O)c1ccc2c(c1O)C(O)=C1C(=O)C3(O)C(O)=C(C(N)=O)C(=O)[C@@H](N(C)C)C3[C@@H](O)C1[C@H]2C. The van der Waals surface area contributed by atoms with E-state index in [1.807, 2.05) is 0 Å². The summed E-state index contributed by atoms with van der Waals surface area (Å²) >= 11 is 0. The van der Waals surface area contributed by atoms with Gasteiger partial charge in [-0.25, -0.2) is 4.79 Å². The first kappa shape index (κ1) is 25.4. The highest BCUT2D eigenvalue weighted by molar-refractivity contribution is 6.24. The molecule has 0 radical (unpaired) electrons. The number of nitrogens with zero attached hydrogens (tertiary/aromatic N) is 1. The van der Waals surface area contributed by atoms with E-state index in [4.69, 9.17) is 5.73 Å². The molecule has 6 atom stereocenters. The van der Waals surface area contributed by atoms with E-state index in [-0.39, 0.29) is 16.7 Å². The molecule has 3 aliphatic carbocycles. The van der Waals surface area contributed by atoms with Crippen molar-refractivity contribution in [3.05, 3.63) is 45.7 Å². The van der Waals surface area contributed by atoms with Gasteiger partial charge in [0.25, 0.3) is 5.91 Å². The molecule has 0 heterocycles. The van der Waals surface area contributed by atoms with Crippen molar-refractivity contribution in [3.8, 4) is 5.75 Å². The summed E-state index contributed by atoms with van der Waals surface area (Å²) in [4.78, 5) is 52.3. The maximum absolute atomic E-state index is 13.8. The maximum atomic E-state index is 13.8. The predicted molar refractivity (Wildman–Crippen MR) is 122 cm³/mol. The van der Waals surface area contributed by atoms with Crippen LogP contribution < -0.4 is 5.73 Å². The number of hydrogen-bond acceptors (Lipinski definition) is 11. The zero-order valence-corrected chi connectivity index (χ0v) is 19.8. The summed E-state index contributed by atoms with van der Waals surface area (Å²) in [5, 5.41) is 55.9. The molecule has 1 amide bonds. The second-order valence-corrected chi connectivity index (χ2v) is 9.47. The zero-order valence-electron chi connectivity index (χ0n) is 19.8. The van der Waals surface area contributed by atoms with Gasteiger partial charge < -0.3 is 36.0 Å². The minimum absolute atomic E-state index is 0.282. The van der Waals surface area contributed by atoms with Gasteiger partial charge >= 0.3 is 5.97 Å². The number of benzene rings is 1. The van der Waals surface area contributed by atoms with Gasteiger partial charge in [-0.3, -0.25) is 19.3 Å². The molecular formula is C24H26N2O10. The quantitative estimate of drug-likeness (QED) is 0.224. The van der Waals surface area contributed by atoms with E-state index in [1.54, 1.807) is 6.92 Å². The molecule has 192 valence electrons. The van der Waals surface area contributed by atoms with Gasteiger partial charge in [0.05, 0.1) is 30.7 Å². The number of phenolic OH excluding ortho intramolecular Hbond substituents is 1. The molecule has 36 heavy (non-hydrogen) atoms. The molecule has 12 nitrogen and oxygen atoms in total. The number of carbonyl (C=O) groups is 4. The van der Waals surface area contributed by atoms with Gasteiger partial charge in [0.2, 0.25) is 5.78 Å². The van der Waals surface area contributed by atoms with Crippen LogP contribution in [0, 0.1) is 11.8 Å². The van der Waals surface area contributed by atoms with Crippen LogP contribution >= 0.6 is 0 Å². The number of phenols is 1. The molecular weight excluding hydrogens is 476 g/mol. The topological polar surface area (TPSA) is 208 Å². The number of hydrogen-bond donors (Lipinski definition) is 6. The zero-order chi connectivity index (χ0) is 27.0. The van der Waals surface area contributed by atoms with Gasteiger partial charge in [-0.15, -0.1) is 0 Å². The first-order valence-electron chi connectivity index (χ1n) is 11.0. The van der Waals surface area contributed by atoms with Crippen LogP contribution in [0.25, 0.3) is 5.76 Å². The number of aliphatic hydroxyl groups is 4. The van der Waals surface area contributed by atoms with Crippen molar-refractivity contribution < 1.29 is 49.4 Å². The number of amides is 1. The minimum Gasteiger partial charge on any atom is -0.508 e. The number of likely N-dealkylation sites (N-methyl/N-ethyl adjacent to an activating group) is 1. The number of rotatable bonds is 3. The third-order valence-corrected chi connectivity index (χ3v) is 7.53. The van der Waals surface area contributed by atoms with Crippen molar-refractivity contribution >= 4 is 29.2 Å². The van der Waals surface area contributed by atoms with Crippen LogP contribution in [0.1, 0.15) is 34.3 Å². The van der Waals surface area contributed by atoms with Crippen molar-refractivity contribution in [1.82, 2.24) is 4.90 Å². The van der Waals surface area contributed by atoms with Crippen LogP contribution in [0.15, 0.2) is 29.0 Å². The van der Waals surface area contributed by atoms with Gasteiger partial charge in [-0.05, 0) is 31.6 Å². The van der Waals surface area contributed by atoms with Crippen LogP contribution in [-0.4, -0.2) is 92.8 Å². The largest absolute Gasteiger partial charge is 0.508 e. The van der Waals surface area contributed by atoms with Crippen LogP contribution in [0.5, 0.6) is 5.75 Å². The normalized spacial score (nSPS) is 31.7. The molecule has 0 aromatic heterocycles. The predicted octanol–water partition coefficient (Wildman–Crippen LogP) is -0.718. The van der Waals surface area contributed by atoms with E-state index in [9.17, 15) is 44.7 Å². The highest BCUT2D eigenvalue weighted by Gasteiger charge is 2.68. The van der Waals surface area contributed by atoms with E-state index in [2.05, 4.69) is 4.74 Å². The highest BCUT2D eigenvalue weighted by Crippen LogP contribution is 2.56. The molecule has 4 rings (SSSR count). The Bertz CT molecular complexity index is 1300. The van der Waals surface area contributed by atoms with Gasteiger partial charge in [0, 0.05) is 11.5 Å². The first-order valence-corrected chi connectivity index (χ1v) is 11.0. The molecule has 0 spiro atoms. The Balaban J connectivity index is 2.05. The van der Waals surface area contributed by atoms with Gasteiger partial charge in [-0.2, -0.15) is 0 Å².